The Kier molecular flexibility index (Phi) is 7.37. The molecule has 1 aliphatic rings. The van der Waals surface area contributed by atoms with Gasteiger partial charge in [0, 0.05) is 30.6 Å². The van der Waals surface area contributed by atoms with Gasteiger partial charge < -0.3 is 30.1 Å². The molecule has 3 aromatic heterocycles. The Balaban J connectivity index is 1.65. The average Bonchev–Trinajstić information content (AvgIpc) is 3.44. The number of aliphatic hydroxyl groups excluding tert-OH is 3. The quantitative estimate of drug-likeness (QED) is 0.354. The van der Waals surface area contributed by atoms with Gasteiger partial charge in [0.1, 0.15) is 46.9 Å². The first-order chi connectivity index (χ1) is 16.2. The minimum Gasteiger partial charge on any atom is -0.486 e. The van der Waals surface area contributed by atoms with E-state index in [0.717, 1.165) is 23.1 Å². The van der Waals surface area contributed by atoms with Crippen LogP contribution < -0.4 is 0 Å². The summed E-state index contributed by atoms with van der Waals surface area (Å²) in [7, 11) is 3.16. The van der Waals surface area contributed by atoms with Gasteiger partial charge in [-0.2, -0.15) is 0 Å². The third-order valence-corrected chi connectivity index (χ3v) is 7.13. The number of hydrogen-bond donors (Lipinski definition) is 4. The van der Waals surface area contributed by atoms with E-state index in [1.807, 2.05) is 0 Å². The van der Waals surface area contributed by atoms with Crippen LogP contribution in [0.3, 0.4) is 0 Å². The zero-order valence-electron chi connectivity index (χ0n) is 17.9. The van der Waals surface area contributed by atoms with Crippen LogP contribution in [-0.4, -0.2) is 101 Å². The van der Waals surface area contributed by atoms with Crippen LogP contribution in [0.25, 0.3) is 11.4 Å². The maximum absolute atomic E-state index is 12.6. The van der Waals surface area contributed by atoms with E-state index in [1.165, 1.54) is 28.0 Å². The molecule has 182 valence electrons. The highest BCUT2D eigenvalue weighted by molar-refractivity contribution is 8.00. The number of thiazole rings is 1. The molecule has 1 amide bonds. The Hall–Kier alpha value is -2.33. The summed E-state index contributed by atoms with van der Waals surface area (Å²) in [6.45, 7) is -0.528. The minimum atomic E-state index is -1.33. The van der Waals surface area contributed by atoms with E-state index < -0.39 is 36.4 Å². The van der Waals surface area contributed by atoms with Gasteiger partial charge in [-0.3, -0.25) is 4.79 Å². The van der Waals surface area contributed by atoms with Crippen LogP contribution in [-0.2, 0) is 4.74 Å². The van der Waals surface area contributed by atoms with Crippen molar-refractivity contribution in [1.29, 1.82) is 0 Å². The molecule has 4 N–H and O–H groups in total. The van der Waals surface area contributed by atoms with Crippen LogP contribution >= 0.6 is 34.7 Å². The van der Waals surface area contributed by atoms with Gasteiger partial charge in [0.2, 0.25) is 0 Å². The zero-order valence-corrected chi connectivity index (χ0v) is 20.3. The second-order valence-electron chi connectivity index (χ2n) is 7.61. The first-order valence-corrected chi connectivity index (χ1v) is 12.1. The second kappa shape index (κ2) is 10.1. The molecule has 1 saturated heterocycles. The van der Waals surface area contributed by atoms with Crippen LogP contribution in [0.4, 0.5) is 0 Å². The van der Waals surface area contributed by atoms with E-state index in [4.69, 9.17) is 16.3 Å². The third-order valence-electron chi connectivity index (χ3n) is 5.09. The molecular formula is C19H21ClN6O6S2. The summed E-state index contributed by atoms with van der Waals surface area (Å²) in [6.07, 6.45) is -0.897. The predicted molar refractivity (Wildman–Crippen MR) is 123 cm³/mol. The fourth-order valence-corrected chi connectivity index (χ4v) is 5.37. The van der Waals surface area contributed by atoms with Crippen LogP contribution in [0.2, 0.25) is 5.02 Å². The van der Waals surface area contributed by atoms with Crippen LogP contribution in [0.15, 0.2) is 28.7 Å². The summed E-state index contributed by atoms with van der Waals surface area (Å²) in [5.41, 5.74) is -0.198. The molecule has 4 rings (SSSR count). The van der Waals surface area contributed by atoms with Crippen molar-refractivity contribution < 1.29 is 30.0 Å². The topological polar surface area (TPSA) is 167 Å². The van der Waals surface area contributed by atoms with E-state index in [1.54, 1.807) is 19.5 Å². The smallest absolute Gasteiger partial charge is 0.273 e. The molecule has 34 heavy (non-hydrogen) atoms. The molecule has 3 aromatic rings. The molecule has 5 atom stereocenters. The monoisotopic (exact) mass is 528 g/mol. The third kappa shape index (κ3) is 4.88. The molecule has 0 aromatic carbocycles. The lowest BCUT2D eigenvalue weighted by Gasteiger charge is -2.41. The number of amides is 1. The maximum Gasteiger partial charge on any atom is 0.273 e. The number of aliphatic hydroxyl groups is 3. The molecule has 1 aliphatic heterocycles. The number of aromatic nitrogens is 5. The summed E-state index contributed by atoms with van der Waals surface area (Å²) in [6, 6.07) is 0.486. The molecule has 12 nitrogen and oxygen atoms in total. The lowest BCUT2D eigenvalue weighted by atomic mass is 9.97. The number of carbonyl (C=O) groups excluding carboxylic acids is 1. The summed E-state index contributed by atoms with van der Waals surface area (Å²) in [5.74, 6) is -0.368. The number of rotatable bonds is 6. The summed E-state index contributed by atoms with van der Waals surface area (Å²) in [5, 5.41) is 51.0. The Morgan fingerprint density at radius 1 is 1.32 bits per heavy atom. The normalized spacial score (nSPS) is 24.8. The molecule has 0 bridgehead atoms. The molecule has 4 heterocycles. The number of nitrogens with zero attached hydrogens (tertiary/aromatic N) is 6. The van der Waals surface area contributed by atoms with E-state index in [-0.39, 0.29) is 21.8 Å². The van der Waals surface area contributed by atoms with E-state index in [0.29, 0.717) is 16.3 Å². The molecule has 0 saturated carbocycles. The Morgan fingerprint density at radius 3 is 2.74 bits per heavy atom. The van der Waals surface area contributed by atoms with Gasteiger partial charge in [0.25, 0.3) is 11.1 Å². The number of aromatic hydroxyl groups is 1. The molecule has 3 unspecified atom stereocenters. The van der Waals surface area contributed by atoms with Gasteiger partial charge >= 0.3 is 0 Å². The lowest BCUT2D eigenvalue weighted by Crippen LogP contribution is -2.55. The van der Waals surface area contributed by atoms with Gasteiger partial charge in [0.15, 0.2) is 0 Å². The lowest BCUT2D eigenvalue weighted by molar-refractivity contribution is -0.178. The van der Waals surface area contributed by atoms with E-state index in [2.05, 4.69) is 20.3 Å². The minimum absolute atomic E-state index is 0.116. The van der Waals surface area contributed by atoms with E-state index in [9.17, 15) is 25.2 Å². The Morgan fingerprint density at radius 2 is 2.09 bits per heavy atom. The van der Waals surface area contributed by atoms with Gasteiger partial charge in [-0.1, -0.05) is 39.9 Å². The number of carbonyl (C=O) groups is 1. The number of ether oxygens (including phenoxy) is 1. The van der Waals surface area contributed by atoms with Crippen molar-refractivity contribution in [3.63, 3.8) is 0 Å². The molecule has 15 heteroatoms. The summed E-state index contributed by atoms with van der Waals surface area (Å²) in [4.78, 5) is 22.4. The highest BCUT2D eigenvalue weighted by atomic mass is 35.5. The molecule has 0 spiro atoms. The first-order valence-electron chi connectivity index (χ1n) is 9.92. The van der Waals surface area contributed by atoms with Crippen LogP contribution in [0, 0.1) is 0 Å². The molecule has 0 radical (unpaired) electrons. The van der Waals surface area contributed by atoms with Crippen molar-refractivity contribution in [3.05, 3.63) is 34.6 Å². The Labute approximate surface area is 206 Å². The van der Waals surface area contributed by atoms with Crippen LogP contribution in [0.1, 0.15) is 16.5 Å². The van der Waals surface area contributed by atoms with Crippen molar-refractivity contribution in [2.75, 3.05) is 20.7 Å². The van der Waals surface area contributed by atoms with E-state index >= 15 is 0 Å². The van der Waals surface area contributed by atoms with Crippen molar-refractivity contribution in [2.45, 2.75) is 34.7 Å². The standard InChI is InChI=1S/C19H21ClN6O6S2/c1-25(2)17(30)13-12(3-8(20)4-21-13)34-18-16(29)14(15(28)11(6-27)32-18)26-5-9(23-24-26)10-7-33-19(31)22-10/h3-5,7,11,14-16,18,27-29H,6H2,1-2H3,(H,22,31)/t11?,14?,15-,16?,18+/m0/s1. The first kappa shape index (κ1) is 24.8. The molecule has 1 fully saturated rings. The fourth-order valence-electron chi connectivity index (χ4n) is 3.41. The summed E-state index contributed by atoms with van der Waals surface area (Å²) < 4.78 is 7.02. The van der Waals surface area contributed by atoms with Gasteiger partial charge in [-0.25, -0.2) is 14.6 Å². The average molecular weight is 529 g/mol. The number of thioether (sulfide) groups is 1. The second-order valence-corrected chi connectivity index (χ2v) is 10.0. The van der Waals surface area contributed by atoms with Gasteiger partial charge in [-0.15, -0.1) is 5.10 Å². The van der Waals surface area contributed by atoms with Crippen LogP contribution in [0.5, 0.6) is 5.19 Å². The highest BCUT2D eigenvalue weighted by Crippen LogP contribution is 2.39. The predicted octanol–water partition coefficient (Wildman–Crippen LogP) is 0.630. The maximum atomic E-state index is 12.6. The highest BCUT2D eigenvalue weighted by Gasteiger charge is 2.46. The largest absolute Gasteiger partial charge is 0.486 e. The molecule has 0 aliphatic carbocycles. The number of hydrogen-bond acceptors (Lipinski definition) is 12. The number of halogens is 1. The van der Waals surface area contributed by atoms with Gasteiger partial charge in [-0.05, 0) is 6.07 Å². The SMILES string of the molecule is CN(C)C(=O)c1ncc(Cl)cc1S[C@H]1OC(CO)[C@H](O)C(n2cc(-c3csc(O)n3)nn2)C1O. The van der Waals surface area contributed by atoms with Crippen molar-refractivity contribution in [3.8, 4) is 16.6 Å². The van der Waals surface area contributed by atoms with Crippen molar-refractivity contribution in [2.24, 2.45) is 0 Å². The summed E-state index contributed by atoms with van der Waals surface area (Å²) >= 11 is 8.11. The fraction of sp³-hybridized carbons (Fsp3) is 0.421. The molecular weight excluding hydrogens is 508 g/mol. The zero-order chi connectivity index (χ0) is 24.6. The Bertz CT molecular complexity index is 1180. The van der Waals surface area contributed by atoms with Crippen molar-refractivity contribution >= 4 is 40.6 Å². The van der Waals surface area contributed by atoms with Crippen molar-refractivity contribution in [1.82, 2.24) is 29.9 Å². The van der Waals surface area contributed by atoms with Gasteiger partial charge in [0.05, 0.1) is 17.8 Å². The number of pyridine rings is 1.